The number of amides is 1. The van der Waals surface area contributed by atoms with Crippen LogP contribution in [-0.2, 0) is 0 Å². The number of carbonyl (C=O) groups excluding carboxylic acids is 1. The fraction of sp³-hybridized carbons (Fsp3) is 0.111. The van der Waals surface area contributed by atoms with E-state index in [2.05, 4.69) is 16.2 Å². The van der Waals surface area contributed by atoms with Gasteiger partial charge in [-0.1, -0.05) is 12.0 Å². The number of nitrogens with zero attached hydrogens (tertiary/aromatic N) is 2. The number of rotatable bonds is 5. The van der Waals surface area contributed by atoms with Crippen molar-refractivity contribution in [1.82, 2.24) is 10.3 Å². The summed E-state index contributed by atoms with van der Waals surface area (Å²) in [5, 5.41) is 14.4. The Morgan fingerprint density at radius 3 is 2.88 bits per heavy atom. The van der Waals surface area contributed by atoms with Gasteiger partial charge >= 0.3 is 0 Å². The van der Waals surface area contributed by atoms with Crippen LogP contribution in [0.1, 0.15) is 10.4 Å². The Morgan fingerprint density at radius 2 is 2.19 bits per heavy atom. The number of thiazole rings is 1. The van der Waals surface area contributed by atoms with Gasteiger partial charge in [-0.05, 0) is 24.3 Å². The number of methoxy groups -OCH3 is 1. The number of carbonyl (C=O) groups is 1. The Morgan fingerprint density at radius 1 is 1.38 bits per heavy atom. The van der Waals surface area contributed by atoms with Crippen molar-refractivity contribution in [3.8, 4) is 28.7 Å². The summed E-state index contributed by atoms with van der Waals surface area (Å²) in [4.78, 5) is 27.3. The number of hydrogen-bond donors (Lipinski definition) is 1. The van der Waals surface area contributed by atoms with Gasteiger partial charge in [0.05, 0.1) is 28.8 Å². The molecule has 0 unspecified atom stereocenters. The molecule has 0 bridgehead atoms. The van der Waals surface area contributed by atoms with Gasteiger partial charge in [0, 0.05) is 11.6 Å². The lowest BCUT2D eigenvalue weighted by Gasteiger charge is -2.04. The summed E-state index contributed by atoms with van der Waals surface area (Å²) in [5.41, 5.74) is 0.986. The number of nitro groups is 1. The molecule has 0 saturated carbocycles. The zero-order valence-corrected chi connectivity index (χ0v) is 14.5. The summed E-state index contributed by atoms with van der Waals surface area (Å²) in [5.74, 6) is 2.38. The number of terminal acetylenes is 1. The number of aromatic nitrogens is 1. The molecule has 2 aromatic carbocycles. The third-order valence-corrected chi connectivity index (χ3v) is 4.70. The van der Waals surface area contributed by atoms with Crippen LogP contribution in [0.4, 0.5) is 5.69 Å². The van der Waals surface area contributed by atoms with Crippen molar-refractivity contribution in [2.75, 3.05) is 13.7 Å². The number of nitrogens with one attached hydrogen (secondary N) is 1. The van der Waals surface area contributed by atoms with Crippen LogP contribution < -0.4 is 10.1 Å². The maximum absolute atomic E-state index is 12.1. The summed E-state index contributed by atoms with van der Waals surface area (Å²) in [6.07, 6.45) is 5.10. The van der Waals surface area contributed by atoms with Crippen molar-refractivity contribution in [2.24, 2.45) is 0 Å². The van der Waals surface area contributed by atoms with E-state index in [1.807, 2.05) is 12.1 Å². The first kappa shape index (κ1) is 17.4. The smallest absolute Gasteiger partial charge is 0.282 e. The number of ether oxygens (including phenoxy) is 1. The molecule has 0 aliphatic rings. The molecule has 26 heavy (non-hydrogen) atoms. The molecule has 7 nitrogen and oxygen atoms in total. The topological polar surface area (TPSA) is 94.4 Å². The highest BCUT2D eigenvalue weighted by Crippen LogP contribution is 2.34. The Kier molecular flexibility index (Phi) is 4.82. The second kappa shape index (κ2) is 7.21. The highest BCUT2D eigenvalue weighted by atomic mass is 32.1. The molecule has 0 radical (unpaired) electrons. The highest BCUT2D eigenvalue weighted by molar-refractivity contribution is 7.21. The zero-order valence-electron chi connectivity index (χ0n) is 13.7. The van der Waals surface area contributed by atoms with Crippen molar-refractivity contribution >= 4 is 33.1 Å². The van der Waals surface area contributed by atoms with Crippen LogP contribution in [0.2, 0.25) is 0 Å². The van der Waals surface area contributed by atoms with Gasteiger partial charge in [0.15, 0.2) is 0 Å². The van der Waals surface area contributed by atoms with Crippen molar-refractivity contribution in [3.63, 3.8) is 0 Å². The third kappa shape index (κ3) is 3.34. The standard InChI is InChI=1S/C18H13N3O4S/c1-3-8-19-17(22)13-6-4-11(9-15(13)21(23)24)18-20-14-7-5-12(25-2)10-16(14)26-18/h1,4-7,9-10H,8H2,2H3,(H,19,22). The Bertz CT molecular complexity index is 1050. The second-order valence-electron chi connectivity index (χ2n) is 5.23. The molecule has 0 spiro atoms. The molecule has 3 aromatic rings. The third-order valence-electron chi connectivity index (χ3n) is 3.63. The normalized spacial score (nSPS) is 10.3. The van der Waals surface area contributed by atoms with E-state index < -0.39 is 10.8 Å². The van der Waals surface area contributed by atoms with E-state index in [9.17, 15) is 14.9 Å². The minimum absolute atomic E-state index is 0.00254. The summed E-state index contributed by atoms with van der Waals surface area (Å²) >= 11 is 1.39. The minimum Gasteiger partial charge on any atom is -0.497 e. The molecule has 1 aromatic heterocycles. The zero-order chi connectivity index (χ0) is 18.7. The fourth-order valence-corrected chi connectivity index (χ4v) is 3.38. The van der Waals surface area contributed by atoms with Gasteiger partial charge < -0.3 is 10.1 Å². The molecule has 130 valence electrons. The monoisotopic (exact) mass is 367 g/mol. The summed E-state index contributed by atoms with van der Waals surface area (Å²) in [6, 6.07) is 9.86. The number of nitro benzene ring substituents is 1. The molecule has 0 aliphatic heterocycles. The van der Waals surface area contributed by atoms with Gasteiger partial charge in [-0.3, -0.25) is 14.9 Å². The molecule has 1 amide bonds. The Balaban J connectivity index is 2.03. The largest absolute Gasteiger partial charge is 0.497 e. The molecule has 0 fully saturated rings. The number of hydrogen-bond acceptors (Lipinski definition) is 6. The molecule has 0 saturated heterocycles. The molecule has 3 rings (SSSR count). The lowest BCUT2D eigenvalue weighted by atomic mass is 10.1. The second-order valence-corrected chi connectivity index (χ2v) is 6.26. The average molecular weight is 367 g/mol. The van der Waals surface area contributed by atoms with E-state index in [4.69, 9.17) is 11.2 Å². The highest BCUT2D eigenvalue weighted by Gasteiger charge is 2.21. The van der Waals surface area contributed by atoms with E-state index >= 15 is 0 Å². The fourth-order valence-electron chi connectivity index (χ4n) is 2.39. The number of benzene rings is 2. The van der Waals surface area contributed by atoms with Crippen LogP contribution in [-0.4, -0.2) is 29.5 Å². The van der Waals surface area contributed by atoms with Crippen LogP contribution in [0, 0.1) is 22.5 Å². The molecular weight excluding hydrogens is 354 g/mol. The summed E-state index contributed by atoms with van der Waals surface area (Å²) in [7, 11) is 1.58. The molecule has 1 N–H and O–H groups in total. The lowest BCUT2D eigenvalue weighted by Crippen LogP contribution is -2.24. The van der Waals surface area contributed by atoms with E-state index in [-0.39, 0.29) is 17.8 Å². The lowest BCUT2D eigenvalue weighted by molar-refractivity contribution is -0.385. The van der Waals surface area contributed by atoms with Crippen molar-refractivity contribution in [1.29, 1.82) is 0 Å². The van der Waals surface area contributed by atoms with Gasteiger partial charge in [0.2, 0.25) is 0 Å². The van der Waals surface area contributed by atoms with E-state index in [0.717, 1.165) is 10.2 Å². The summed E-state index contributed by atoms with van der Waals surface area (Å²) in [6.45, 7) is -0.00254. The van der Waals surface area contributed by atoms with Gasteiger partial charge in [-0.15, -0.1) is 17.8 Å². The minimum atomic E-state index is -0.593. The van der Waals surface area contributed by atoms with Crippen LogP contribution in [0.3, 0.4) is 0 Å². The van der Waals surface area contributed by atoms with Gasteiger partial charge in [-0.25, -0.2) is 4.98 Å². The van der Waals surface area contributed by atoms with E-state index in [1.54, 1.807) is 19.2 Å². The van der Waals surface area contributed by atoms with Crippen LogP contribution in [0.15, 0.2) is 36.4 Å². The molecule has 0 atom stereocenters. The summed E-state index contributed by atoms with van der Waals surface area (Å²) < 4.78 is 6.09. The van der Waals surface area contributed by atoms with Crippen molar-refractivity contribution in [3.05, 3.63) is 52.1 Å². The molecule has 8 heteroatoms. The SMILES string of the molecule is C#CCNC(=O)c1ccc(-c2nc3ccc(OC)cc3s2)cc1[N+](=O)[O-]. The van der Waals surface area contributed by atoms with Gasteiger partial charge in [0.1, 0.15) is 16.3 Å². The van der Waals surface area contributed by atoms with Crippen molar-refractivity contribution in [2.45, 2.75) is 0 Å². The van der Waals surface area contributed by atoms with Crippen LogP contribution in [0.5, 0.6) is 5.75 Å². The first-order valence-electron chi connectivity index (χ1n) is 7.48. The maximum atomic E-state index is 12.1. The van der Waals surface area contributed by atoms with Crippen LogP contribution >= 0.6 is 11.3 Å². The molecule has 1 heterocycles. The molecule has 0 aliphatic carbocycles. The average Bonchev–Trinajstić information content (AvgIpc) is 3.08. The number of fused-ring (bicyclic) bond motifs is 1. The first-order chi connectivity index (χ1) is 12.5. The maximum Gasteiger partial charge on any atom is 0.282 e. The van der Waals surface area contributed by atoms with E-state index in [0.29, 0.717) is 16.3 Å². The predicted molar refractivity (Wildman–Crippen MR) is 99.4 cm³/mol. The van der Waals surface area contributed by atoms with Gasteiger partial charge in [-0.2, -0.15) is 0 Å². The Labute approximate surface area is 152 Å². The first-order valence-corrected chi connectivity index (χ1v) is 8.30. The predicted octanol–water partition coefficient (Wildman–Crippen LogP) is 3.24. The molecular formula is C18H13N3O4S. The Hall–Kier alpha value is -3.44. The quantitative estimate of drug-likeness (QED) is 0.424. The van der Waals surface area contributed by atoms with Crippen LogP contribution in [0.25, 0.3) is 20.8 Å². The van der Waals surface area contributed by atoms with Crippen molar-refractivity contribution < 1.29 is 14.5 Å². The van der Waals surface area contributed by atoms with E-state index in [1.165, 1.54) is 23.5 Å². The van der Waals surface area contributed by atoms with Gasteiger partial charge in [0.25, 0.3) is 11.6 Å².